The fourth-order valence-electron chi connectivity index (χ4n) is 1.54. The highest BCUT2D eigenvalue weighted by molar-refractivity contribution is 7.98. The first-order chi connectivity index (χ1) is 8.60. The molecule has 3 N–H and O–H groups in total. The molecule has 0 aromatic carbocycles. The third-order valence-corrected chi connectivity index (χ3v) is 3.15. The van der Waals surface area contributed by atoms with Gasteiger partial charge in [0.15, 0.2) is 0 Å². The molecule has 0 aliphatic rings. The van der Waals surface area contributed by atoms with Gasteiger partial charge in [-0.1, -0.05) is 13.3 Å². The van der Waals surface area contributed by atoms with E-state index < -0.39 is 11.9 Å². The first kappa shape index (κ1) is 14.5. The van der Waals surface area contributed by atoms with E-state index in [9.17, 15) is 9.59 Å². The van der Waals surface area contributed by atoms with Crippen molar-refractivity contribution in [2.75, 3.05) is 6.26 Å². The van der Waals surface area contributed by atoms with Crippen LogP contribution in [-0.2, 0) is 4.79 Å². The summed E-state index contributed by atoms with van der Waals surface area (Å²) in [5, 5.41) is 3.28. The first-order valence-corrected chi connectivity index (χ1v) is 6.91. The van der Waals surface area contributed by atoms with E-state index in [0.717, 1.165) is 6.42 Å². The second-order valence-electron chi connectivity index (χ2n) is 3.78. The molecule has 6 heteroatoms. The highest BCUT2D eigenvalue weighted by Gasteiger charge is 2.19. The number of hydrogen-bond donors (Lipinski definition) is 2. The molecule has 98 valence electrons. The molecule has 0 spiro atoms. The van der Waals surface area contributed by atoms with Crippen molar-refractivity contribution in [2.24, 2.45) is 5.73 Å². The van der Waals surface area contributed by atoms with Crippen LogP contribution < -0.4 is 11.1 Å². The van der Waals surface area contributed by atoms with E-state index in [-0.39, 0.29) is 5.91 Å². The zero-order valence-electron chi connectivity index (χ0n) is 10.5. The summed E-state index contributed by atoms with van der Waals surface area (Å²) in [4.78, 5) is 27.3. The number of primary amides is 1. The van der Waals surface area contributed by atoms with Crippen molar-refractivity contribution in [2.45, 2.75) is 30.8 Å². The molecule has 1 aromatic rings. The highest BCUT2D eigenvalue weighted by Crippen LogP contribution is 2.16. The number of carbonyl (C=O) groups is 2. The molecule has 1 rings (SSSR count). The predicted molar refractivity (Wildman–Crippen MR) is 71.4 cm³/mol. The smallest absolute Gasteiger partial charge is 0.254 e. The molecule has 1 unspecified atom stereocenters. The van der Waals surface area contributed by atoms with Crippen molar-refractivity contribution in [1.82, 2.24) is 10.3 Å². The summed E-state index contributed by atoms with van der Waals surface area (Å²) in [6.45, 7) is 1.93. The molecule has 0 radical (unpaired) electrons. The normalized spacial score (nSPS) is 11.9. The van der Waals surface area contributed by atoms with Crippen molar-refractivity contribution >= 4 is 23.6 Å². The monoisotopic (exact) mass is 267 g/mol. The lowest BCUT2D eigenvalue weighted by atomic mass is 10.1. The summed E-state index contributed by atoms with van der Waals surface area (Å²) in [5.74, 6) is -0.829. The van der Waals surface area contributed by atoms with E-state index >= 15 is 0 Å². The lowest BCUT2D eigenvalue weighted by Gasteiger charge is -2.15. The largest absolute Gasteiger partial charge is 0.368 e. The number of hydrogen-bond acceptors (Lipinski definition) is 4. The summed E-state index contributed by atoms with van der Waals surface area (Å²) < 4.78 is 0. The summed E-state index contributed by atoms with van der Waals surface area (Å²) >= 11 is 1.38. The summed E-state index contributed by atoms with van der Waals surface area (Å²) in [6, 6.07) is 2.74. The first-order valence-electron chi connectivity index (χ1n) is 5.69. The summed E-state index contributed by atoms with van der Waals surface area (Å²) in [6.07, 6.45) is 4.78. The summed E-state index contributed by atoms with van der Waals surface area (Å²) in [7, 11) is 0. The van der Waals surface area contributed by atoms with Crippen LogP contribution in [0.1, 0.15) is 30.1 Å². The van der Waals surface area contributed by atoms with Crippen LogP contribution >= 0.6 is 11.8 Å². The van der Waals surface area contributed by atoms with E-state index in [2.05, 4.69) is 10.3 Å². The molecular formula is C12H17N3O2S. The van der Waals surface area contributed by atoms with Crippen LogP contribution in [0.25, 0.3) is 0 Å². The maximum Gasteiger partial charge on any atom is 0.254 e. The van der Waals surface area contributed by atoms with Crippen molar-refractivity contribution < 1.29 is 9.59 Å². The Kier molecular flexibility index (Phi) is 5.64. The predicted octanol–water partition coefficient (Wildman–Crippen LogP) is 1.19. The average Bonchev–Trinajstić information content (AvgIpc) is 2.37. The zero-order chi connectivity index (χ0) is 13.5. The van der Waals surface area contributed by atoms with Gasteiger partial charge in [-0.25, -0.2) is 4.98 Å². The summed E-state index contributed by atoms with van der Waals surface area (Å²) in [5.41, 5.74) is 5.71. The average molecular weight is 267 g/mol. The Bertz CT molecular complexity index is 437. The molecule has 0 aliphatic heterocycles. The van der Waals surface area contributed by atoms with Crippen molar-refractivity contribution in [3.8, 4) is 0 Å². The van der Waals surface area contributed by atoms with Gasteiger partial charge < -0.3 is 11.1 Å². The molecule has 0 saturated heterocycles. The molecule has 0 saturated carbocycles. The van der Waals surface area contributed by atoms with Crippen LogP contribution in [0.3, 0.4) is 0 Å². The number of aromatic nitrogens is 1. The van der Waals surface area contributed by atoms with Crippen LogP contribution in [0.5, 0.6) is 0 Å². The number of thioether (sulfide) groups is 1. The van der Waals surface area contributed by atoms with E-state index in [1.807, 2.05) is 13.2 Å². The third-order valence-electron chi connectivity index (χ3n) is 2.44. The molecule has 18 heavy (non-hydrogen) atoms. The standard InChI is InChI=1S/C12H17N3O2S/c1-3-5-9(10(13)16)15-11(17)8-6-4-7-14-12(8)18-2/h4,6-7,9H,3,5H2,1-2H3,(H2,13,16)(H,15,17). The minimum atomic E-state index is -0.627. The number of nitrogens with zero attached hydrogens (tertiary/aromatic N) is 1. The van der Waals surface area contributed by atoms with Crippen molar-refractivity contribution in [3.63, 3.8) is 0 Å². The Balaban J connectivity index is 2.83. The third kappa shape index (κ3) is 3.73. The molecular weight excluding hydrogens is 250 g/mol. The number of carbonyl (C=O) groups excluding carboxylic acids is 2. The Morgan fingerprint density at radius 3 is 2.83 bits per heavy atom. The topological polar surface area (TPSA) is 85.1 Å². The van der Waals surface area contributed by atoms with Gasteiger partial charge >= 0.3 is 0 Å². The minimum absolute atomic E-state index is 0.315. The minimum Gasteiger partial charge on any atom is -0.368 e. The quantitative estimate of drug-likeness (QED) is 0.758. The second-order valence-corrected chi connectivity index (χ2v) is 4.57. The number of nitrogens with one attached hydrogen (secondary N) is 1. The van der Waals surface area contributed by atoms with E-state index in [4.69, 9.17) is 5.73 Å². The van der Waals surface area contributed by atoms with Gasteiger partial charge in [0, 0.05) is 6.20 Å². The second kappa shape index (κ2) is 7.00. The van der Waals surface area contributed by atoms with Crippen LogP contribution in [0, 0.1) is 0 Å². The molecule has 1 aromatic heterocycles. The van der Waals surface area contributed by atoms with E-state index in [1.165, 1.54) is 11.8 Å². The number of amides is 2. The van der Waals surface area contributed by atoms with Crippen LogP contribution in [-0.4, -0.2) is 29.1 Å². The number of pyridine rings is 1. The van der Waals surface area contributed by atoms with Crippen LogP contribution in [0.15, 0.2) is 23.4 Å². The van der Waals surface area contributed by atoms with Gasteiger partial charge in [0.1, 0.15) is 11.1 Å². The van der Waals surface area contributed by atoms with Gasteiger partial charge in [0.2, 0.25) is 5.91 Å². The van der Waals surface area contributed by atoms with Gasteiger partial charge in [-0.15, -0.1) is 11.8 Å². The van der Waals surface area contributed by atoms with Crippen molar-refractivity contribution in [1.29, 1.82) is 0 Å². The molecule has 2 amide bonds. The fourth-order valence-corrected chi connectivity index (χ4v) is 2.08. The maximum absolute atomic E-state index is 12.0. The molecule has 1 heterocycles. The van der Waals surface area contributed by atoms with Gasteiger partial charge in [-0.05, 0) is 24.8 Å². The molecule has 5 nitrogen and oxygen atoms in total. The molecule has 1 atom stereocenters. The zero-order valence-corrected chi connectivity index (χ0v) is 11.3. The van der Waals surface area contributed by atoms with Crippen molar-refractivity contribution in [3.05, 3.63) is 23.9 Å². The Hall–Kier alpha value is -1.56. The lowest BCUT2D eigenvalue weighted by molar-refractivity contribution is -0.120. The Labute approximate surface area is 111 Å². The van der Waals surface area contributed by atoms with E-state index in [1.54, 1.807) is 18.3 Å². The van der Waals surface area contributed by atoms with Crippen LogP contribution in [0.2, 0.25) is 0 Å². The molecule has 0 aliphatic carbocycles. The van der Waals surface area contributed by atoms with Crippen LogP contribution in [0.4, 0.5) is 0 Å². The maximum atomic E-state index is 12.0. The van der Waals surface area contributed by atoms with Gasteiger partial charge in [0.05, 0.1) is 5.56 Å². The highest BCUT2D eigenvalue weighted by atomic mass is 32.2. The fraction of sp³-hybridized carbons (Fsp3) is 0.417. The SMILES string of the molecule is CCCC(NC(=O)c1cccnc1SC)C(N)=O. The number of rotatable bonds is 6. The lowest BCUT2D eigenvalue weighted by Crippen LogP contribution is -2.44. The molecule has 0 fully saturated rings. The van der Waals surface area contributed by atoms with Gasteiger partial charge in [0.25, 0.3) is 5.91 Å². The van der Waals surface area contributed by atoms with Gasteiger partial charge in [-0.3, -0.25) is 9.59 Å². The Morgan fingerprint density at radius 1 is 1.56 bits per heavy atom. The number of nitrogens with two attached hydrogens (primary N) is 1. The Morgan fingerprint density at radius 2 is 2.28 bits per heavy atom. The van der Waals surface area contributed by atoms with E-state index in [0.29, 0.717) is 17.0 Å². The molecule has 0 bridgehead atoms. The van der Waals surface area contributed by atoms with Gasteiger partial charge in [-0.2, -0.15) is 0 Å².